The van der Waals surface area contributed by atoms with Gasteiger partial charge in [0.2, 0.25) is 0 Å². The van der Waals surface area contributed by atoms with E-state index in [9.17, 15) is 10.1 Å². The third-order valence-corrected chi connectivity index (χ3v) is 4.85. The molecule has 3 aromatic rings. The van der Waals surface area contributed by atoms with Crippen LogP contribution < -0.4 is 5.32 Å². The third-order valence-electron chi connectivity index (χ3n) is 3.87. The molecule has 0 aliphatic rings. The number of hydrogen-bond donors (Lipinski definition) is 1. The highest BCUT2D eigenvalue weighted by atomic mass is 32.1. The standard InChI is InChI=1S/C18H20N4O2S/c1-21(13-14-6-3-2-4-7-14)11-5-10-19-18-20-16-9-8-15(22(23)24)12-17(16)25-18/h2-4,6-9,12H,5,10-11,13H2,1H3,(H,19,20). The van der Waals surface area contributed by atoms with E-state index in [1.165, 1.54) is 23.0 Å². The van der Waals surface area contributed by atoms with E-state index in [-0.39, 0.29) is 10.6 Å². The lowest BCUT2D eigenvalue weighted by Crippen LogP contribution is -2.21. The zero-order valence-corrected chi connectivity index (χ0v) is 14.8. The number of hydrogen-bond acceptors (Lipinski definition) is 6. The Labute approximate surface area is 150 Å². The van der Waals surface area contributed by atoms with E-state index in [1.54, 1.807) is 12.1 Å². The van der Waals surface area contributed by atoms with Crippen LogP contribution in [-0.4, -0.2) is 34.9 Å². The van der Waals surface area contributed by atoms with Gasteiger partial charge in [0.15, 0.2) is 5.13 Å². The monoisotopic (exact) mass is 356 g/mol. The Balaban J connectivity index is 1.47. The SMILES string of the molecule is CN(CCCNc1nc2ccc([N+](=O)[O-])cc2s1)Cc1ccccc1. The molecule has 2 aromatic carbocycles. The fourth-order valence-corrected chi connectivity index (χ4v) is 3.55. The van der Waals surface area contributed by atoms with Gasteiger partial charge in [-0.05, 0) is 31.6 Å². The maximum absolute atomic E-state index is 10.8. The summed E-state index contributed by atoms with van der Waals surface area (Å²) in [5.41, 5.74) is 2.20. The first-order valence-electron chi connectivity index (χ1n) is 8.13. The largest absolute Gasteiger partial charge is 0.361 e. The number of nitro groups is 1. The van der Waals surface area contributed by atoms with Crippen molar-refractivity contribution >= 4 is 32.4 Å². The van der Waals surface area contributed by atoms with Crippen molar-refractivity contribution in [1.82, 2.24) is 9.88 Å². The molecule has 0 atom stereocenters. The van der Waals surface area contributed by atoms with Gasteiger partial charge in [-0.15, -0.1) is 0 Å². The molecule has 0 bridgehead atoms. The summed E-state index contributed by atoms with van der Waals surface area (Å²) in [6, 6.07) is 15.2. The van der Waals surface area contributed by atoms with Crippen LogP contribution in [0, 0.1) is 10.1 Å². The van der Waals surface area contributed by atoms with Crippen LogP contribution in [0.5, 0.6) is 0 Å². The van der Waals surface area contributed by atoms with Gasteiger partial charge in [0, 0.05) is 25.2 Å². The highest BCUT2D eigenvalue weighted by Gasteiger charge is 2.10. The van der Waals surface area contributed by atoms with E-state index < -0.39 is 0 Å². The average molecular weight is 356 g/mol. The molecule has 0 saturated heterocycles. The van der Waals surface area contributed by atoms with Crippen molar-refractivity contribution in [2.75, 3.05) is 25.5 Å². The second-order valence-corrected chi connectivity index (χ2v) is 6.96. The van der Waals surface area contributed by atoms with Crippen molar-refractivity contribution in [3.05, 3.63) is 64.2 Å². The van der Waals surface area contributed by atoms with Gasteiger partial charge >= 0.3 is 0 Å². The van der Waals surface area contributed by atoms with Crippen molar-refractivity contribution < 1.29 is 4.92 Å². The molecule has 25 heavy (non-hydrogen) atoms. The Morgan fingerprint density at radius 2 is 2.04 bits per heavy atom. The fraction of sp³-hybridized carbons (Fsp3) is 0.278. The minimum absolute atomic E-state index is 0.102. The summed E-state index contributed by atoms with van der Waals surface area (Å²) in [6.45, 7) is 2.74. The van der Waals surface area contributed by atoms with Gasteiger partial charge in [-0.3, -0.25) is 10.1 Å². The van der Waals surface area contributed by atoms with Crippen LogP contribution in [0.15, 0.2) is 48.5 Å². The first-order valence-corrected chi connectivity index (χ1v) is 8.95. The van der Waals surface area contributed by atoms with Crippen molar-refractivity contribution in [3.63, 3.8) is 0 Å². The topological polar surface area (TPSA) is 71.3 Å². The van der Waals surface area contributed by atoms with Crippen molar-refractivity contribution in [3.8, 4) is 0 Å². The predicted octanol–water partition coefficient (Wildman–Crippen LogP) is 4.14. The van der Waals surface area contributed by atoms with E-state index in [2.05, 4.69) is 46.5 Å². The number of fused-ring (bicyclic) bond motifs is 1. The average Bonchev–Trinajstić information content (AvgIpc) is 3.01. The zero-order chi connectivity index (χ0) is 17.6. The smallest absolute Gasteiger partial charge is 0.270 e. The fourth-order valence-electron chi connectivity index (χ4n) is 2.62. The van der Waals surface area contributed by atoms with Gasteiger partial charge in [-0.1, -0.05) is 41.7 Å². The number of rotatable bonds is 8. The molecule has 1 heterocycles. The number of anilines is 1. The Hall–Kier alpha value is -2.51. The molecule has 0 amide bonds. The van der Waals surface area contributed by atoms with Crippen LogP contribution in [0.3, 0.4) is 0 Å². The van der Waals surface area contributed by atoms with E-state index in [0.717, 1.165) is 41.4 Å². The number of nitrogens with zero attached hydrogens (tertiary/aromatic N) is 3. The van der Waals surface area contributed by atoms with Crippen LogP contribution in [-0.2, 0) is 6.54 Å². The summed E-state index contributed by atoms with van der Waals surface area (Å²) >= 11 is 1.45. The zero-order valence-electron chi connectivity index (χ0n) is 14.0. The Bertz CT molecular complexity index is 851. The van der Waals surface area contributed by atoms with Crippen molar-refractivity contribution in [2.45, 2.75) is 13.0 Å². The van der Waals surface area contributed by atoms with Crippen LogP contribution in [0.25, 0.3) is 10.2 Å². The molecule has 0 radical (unpaired) electrons. The Morgan fingerprint density at radius 1 is 1.24 bits per heavy atom. The lowest BCUT2D eigenvalue weighted by molar-refractivity contribution is -0.384. The maximum Gasteiger partial charge on any atom is 0.270 e. The van der Waals surface area contributed by atoms with Gasteiger partial charge in [0.25, 0.3) is 5.69 Å². The first-order chi connectivity index (χ1) is 12.1. The molecular formula is C18H20N4O2S. The predicted molar refractivity (Wildman–Crippen MR) is 102 cm³/mol. The molecule has 6 nitrogen and oxygen atoms in total. The highest BCUT2D eigenvalue weighted by molar-refractivity contribution is 7.22. The number of thiazole rings is 1. The molecule has 0 unspecified atom stereocenters. The minimum Gasteiger partial charge on any atom is -0.361 e. The molecule has 0 aliphatic carbocycles. The third kappa shape index (κ3) is 4.74. The summed E-state index contributed by atoms with van der Waals surface area (Å²) in [7, 11) is 2.11. The summed E-state index contributed by atoms with van der Waals surface area (Å²) in [5, 5.41) is 14.9. The summed E-state index contributed by atoms with van der Waals surface area (Å²) in [4.78, 5) is 17.2. The second kappa shape index (κ2) is 8.04. The van der Waals surface area contributed by atoms with Crippen LogP contribution in [0.1, 0.15) is 12.0 Å². The number of benzene rings is 2. The maximum atomic E-state index is 10.8. The molecule has 0 aliphatic heterocycles. The summed E-state index contributed by atoms with van der Waals surface area (Å²) < 4.78 is 0.831. The molecule has 0 spiro atoms. The van der Waals surface area contributed by atoms with Gasteiger partial charge < -0.3 is 10.2 Å². The van der Waals surface area contributed by atoms with Crippen LogP contribution in [0.4, 0.5) is 10.8 Å². The van der Waals surface area contributed by atoms with Gasteiger partial charge in [-0.25, -0.2) is 4.98 Å². The minimum atomic E-state index is -0.380. The second-order valence-electron chi connectivity index (χ2n) is 5.93. The summed E-state index contributed by atoms with van der Waals surface area (Å²) in [5.74, 6) is 0. The number of aromatic nitrogens is 1. The molecule has 1 aromatic heterocycles. The lowest BCUT2D eigenvalue weighted by atomic mass is 10.2. The van der Waals surface area contributed by atoms with Crippen LogP contribution >= 0.6 is 11.3 Å². The first kappa shape index (κ1) is 17.3. The summed E-state index contributed by atoms with van der Waals surface area (Å²) in [6.07, 6.45) is 0.999. The van der Waals surface area contributed by atoms with Crippen molar-refractivity contribution in [1.29, 1.82) is 0 Å². The van der Waals surface area contributed by atoms with E-state index in [1.807, 2.05) is 6.07 Å². The Morgan fingerprint density at radius 3 is 2.80 bits per heavy atom. The molecule has 0 saturated carbocycles. The molecule has 0 fully saturated rings. The van der Waals surface area contributed by atoms with E-state index in [0.29, 0.717) is 0 Å². The lowest BCUT2D eigenvalue weighted by Gasteiger charge is -2.16. The Kier molecular flexibility index (Phi) is 5.57. The molecule has 3 rings (SSSR count). The van der Waals surface area contributed by atoms with Crippen molar-refractivity contribution in [2.24, 2.45) is 0 Å². The van der Waals surface area contributed by atoms with Gasteiger partial charge in [0.05, 0.1) is 15.1 Å². The normalized spacial score (nSPS) is 11.1. The number of nitro benzene ring substituents is 1. The number of nitrogens with one attached hydrogen (secondary N) is 1. The van der Waals surface area contributed by atoms with E-state index >= 15 is 0 Å². The van der Waals surface area contributed by atoms with Gasteiger partial charge in [0.1, 0.15) is 0 Å². The molecule has 7 heteroatoms. The molecule has 1 N–H and O–H groups in total. The quantitative estimate of drug-likeness (QED) is 0.373. The van der Waals surface area contributed by atoms with E-state index in [4.69, 9.17) is 0 Å². The molecular weight excluding hydrogens is 336 g/mol. The van der Waals surface area contributed by atoms with Gasteiger partial charge in [-0.2, -0.15) is 0 Å². The molecule has 130 valence electrons. The number of non-ortho nitro benzene ring substituents is 1. The highest BCUT2D eigenvalue weighted by Crippen LogP contribution is 2.29. The van der Waals surface area contributed by atoms with Crippen LogP contribution in [0.2, 0.25) is 0 Å².